The molecule has 1 aromatic heterocycles. The molecule has 5 nitrogen and oxygen atoms in total. The minimum atomic E-state index is -1.14. The highest BCUT2D eigenvalue weighted by Crippen LogP contribution is 2.48. The van der Waals surface area contributed by atoms with E-state index in [0.717, 1.165) is 22.0 Å². The second-order valence-electron chi connectivity index (χ2n) is 7.79. The zero-order valence-corrected chi connectivity index (χ0v) is 15.7. The first-order chi connectivity index (χ1) is 14.1. The molecule has 2 aliphatic rings. The Morgan fingerprint density at radius 3 is 2.45 bits per heavy atom. The number of allylic oxidation sites excluding steroid dienone is 2. The number of aromatic amines is 1. The third-order valence-electron chi connectivity index (χ3n) is 6.21. The van der Waals surface area contributed by atoms with Gasteiger partial charge in [-0.1, -0.05) is 48.6 Å². The summed E-state index contributed by atoms with van der Waals surface area (Å²) in [6, 6.07) is 17.8. The third-order valence-corrected chi connectivity index (χ3v) is 6.21. The van der Waals surface area contributed by atoms with Crippen molar-refractivity contribution in [1.29, 1.82) is 0 Å². The number of benzene rings is 2. The van der Waals surface area contributed by atoms with Crippen molar-refractivity contribution in [3.8, 4) is 11.1 Å². The number of rotatable bonds is 4. The van der Waals surface area contributed by atoms with E-state index in [9.17, 15) is 14.7 Å². The van der Waals surface area contributed by atoms with Crippen molar-refractivity contribution >= 4 is 28.5 Å². The average molecular weight is 384 g/mol. The molecular weight excluding hydrogens is 364 g/mol. The number of fused-ring (bicyclic) bond motifs is 3. The van der Waals surface area contributed by atoms with Crippen molar-refractivity contribution in [2.75, 3.05) is 5.32 Å². The zero-order chi connectivity index (χ0) is 20.0. The van der Waals surface area contributed by atoms with Gasteiger partial charge in [-0.05, 0) is 36.0 Å². The summed E-state index contributed by atoms with van der Waals surface area (Å²) < 4.78 is 0. The van der Waals surface area contributed by atoms with Gasteiger partial charge in [-0.2, -0.15) is 0 Å². The van der Waals surface area contributed by atoms with Gasteiger partial charge in [0, 0.05) is 23.5 Å². The van der Waals surface area contributed by atoms with Crippen LogP contribution < -0.4 is 15.4 Å². The quantitative estimate of drug-likeness (QED) is 0.702. The molecule has 3 aromatic rings. The topological polar surface area (TPSA) is 83.4 Å². The summed E-state index contributed by atoms with van der Waals surface area (Å²) in [4.78, 5) is 27.9. The summed E-state index contributed by atoms with van der Waals surface area (Å²) in [7, 11) is 0. The van der Waals surface area contributed by atoms with Crippen LogP contribution in [0.4, 0.5) is 5.69 Å². The van der Waals surface area contributed by atoms with Gasteiger partial charge in [0.2, 0.25) is 11.4 Å². The lowest BCUT2D eigenvalue weighted by atomic mass is 9.82. The molecule has 4 unspecified atom stereocenters. The molecule has 1 saturated carbocycles. The zero-order valence-electron chi connectivity index (χ0n) is 15.7. The number of aromatic nitrogens is 1. The Labute approximate surface area is 168 Å². The molecule has 0 radical (unpaired) electrons. The first-order valence-corrected chi connectivity index (χ1v) is 9.82. The van der Waals surface area contributed by atoms with Gasteiger partial charge < -0.3 is 15.2 Å². The number of hydrogen-bond donors (Lipinski definition) is 1. The molecule has 144 valence electrons. The molecule has 0 aliphatic heterocycles. The Morgan fingerprint density at radius 1 is 0.931 bits per heavy atom. The molecule has 2 aliphatic carbocycles. The van der Waals surface area contributed by atoms with E-state index >= 15 is 0 Å². The summed E-state index contributed by atoms with van der Waals surface area (Å²) >= 11 is 0. The highest BCUT2D eigenvalue weighted by molar-refractivity contribution is 6.04. The average Bonchev–Trinajstić information content (AvgIpc) is 3.36. The summed E-state index contributed by atoms with van der Waals surface area (Å²) in [6.45, 7) is 0. The normalized spacial score (nSPS) is 24.7. The Balaban J connectivity index is 1.51. The monoisotopic (exact) mass is 384 g/mol. The Kier molecular flexibility index (Phi) is 4.16. The molecule has 5 rings (SSSR count). The molecule has 0 spiro atoms. The van der Waals surface area contributed by atoms with Gasteiger partial charge in [0.25, 0.3) is 0 Å². The number of carbonyl (C=O) groups is 2. The van der Waals surface area contributed by atoms with Crippen LogP contribution in [0.5, 0.6) is 0 Å². The molecule has 1 heterocycles. The van der Waals surface area contributed by atoms with E-state index in [0.29, 0.717) is 12.1 Å². The van der Waals surface area contributed by atoms with Crippen molar-refractivity contribution in [2.24, 2.45) is 23.7 Å². The molecule has 4 atom stereocenters. The second kappa shape index (κ2) is 6.85. The van der Waals surface area contributed by atoms with Crippen LogP contribution in [0, 0.1) is 23.7 Å². The van der Waals surface area contributed by atoms with Crippen molar-refractivity contribution in [2.45, 2.75) is 6.42 Å². The minimum Gasteiger partial charge on any atom is -0.550 e. The fourth-order valence-electron chi connectivity index (χ4n) is 4.92. The lowest BCUT2D eigenvalue weighted by Crippen LogP contribution is -2.43. The molecule has 29 heavy (non-hydrogen) atoms. The first kappa shape index (κ1) is 17.6. The van der Waals surface area contributed by atoms with E-state index in [4.69, 9.17) is 0 Å². The van der Waals surface area contributed by atoms with Crippen molar-refractivity contribution in [1.82, 2.24) is 0 Å². The predicted molar refractivity (Wildman–Crippen MR) is 107 cm³/mol. The van der Waals surface area contributed by atoms with Gasteiger partial charge in [0.05, 0.1) is 11.3 Å². The lowest BCUT2D eigenvalue weighted by Gasteiger charge is -2.27. The maximum atomic E-state index is 13.1. The van der Waals surface area contributed by atoms with Crippen LogP contribution in [0.25, 0.3) is 22.0 Å². The number of hydrogen-bond acceptors (Lipinski definition) is 3. The number of amides is 1. The SMILES string of the molecule is O=C([O-])C1C2C=CC(C2)C1C(=O)Nc1cccc2c(-c3ccccc3)cc[nH+]c12. The summed E-state index contributed by atoms with van der Waals surface area (Å²) in [5, 5.41) is 15.6. The number of carboxylic acid groups (broad SMARTS) is 1. The number of carbonyl (C=O) groups excluding carboxylic acids is 2. The third kappa shape index (κ3) is 2.90. The fourth-order valence-corrected chi connectivity index (χ4v) is 4.92. The molecule has 5 heteroatoms. The van der Waals surface area contributed by atoms with E-state index in [-0.39, 0.29) is 17.7 Å². The minimum absolute atomic E-state index is 0.0401. The highest BCUT2D eigenvalue weighted by Gasteiger charge is 2.48. The number of para-hydroxylation sites is 1. The lowest BCUT2D eigenvalue weighted by molar-refractivity contribution is -0.343. The predicted octanol–water partition coefficient (Wildman–Crippen LogP) is 2.45. The Morgan fingerprint density at radius 2 is 1.69 bits per heavy atom. The summed E-state index contributed by atoms with van der Waals surface area (Å²) in [5.74, 6) is -2.91. The van der Waals surface area contributed by atoms with E-state index in [1.807, 2.05) is 72.9 Å². The molecule has 0 saturated heterocycles. The molecule has 2 bridgehead atoms. The number of aliphatic carboxylic acids is 1. The Hall–Kier alpha value is -3.47. The number of carboxylic acids is 1. The van der Waals surface area contributed by atoms with Crippen LogP contribution in [0.1, 0.15) is 6.42 Å². The molecule has 1 fully saturated rings. The maximum Gasteiger partial charge on any atom is 0.235 e. The van der Waals surface area contributed by atoms with Gasteiger partial charge in [0.15, 0.2) is 6.20 Å². The van der Waals surface area contributed by atoms with Crippen molar-refractivity contribution < 1.29 is 19.7 Å². The largest absolute Gasteiger partial charge is 0.550 e. The van der Waals surface area contributed by atoms with Crippen molar-refractivity contribution in [3.63, 3.8) is 0 Å². The smallest absolute Gasteiger partial charge is 0.235 e. The van der Waals surface area contributed by atoms with Crippen LogP contribution in [0.2, 0.25) is 0 Å². The molecule has 2 aromatic carbocycles. The van der Waals surface area contributed by atoms with Gasteiger partial charge in [-0.25, -0.2) is 4.98 Å². The first-order valence-electron chi connectivity index (χ1n) is 9.82. The molecule has 2 N–H and O–H groups in total. The van der Waals surface area contributed by atoms with Gasteiger partial charge in [-0.15, -0.1) is 0 Å². The second-order valence-corrected chi connectivity index (χ2v) is 7.79. The summed E-state index contributed by atoms with van der Waals surface area (Å²) in [5.41, 5.74) is 3.61. The van der Waals surface area contributed by atoms with Crippen LogP contribution >= 0.6 is 0 Å². The van der Waals surface area contributed by atoms with Crippen LogP contribution in [0.3, 0.4) is 0 Å². The Bertz CT molecular complexity index is 1140. The highest BCUT2D eigenvalue weighted by atomic mass is 16.4. The molecule has 1 amide bonds. The molecular formula is C24H20N2O3. The van der Waals surface area contributed by atoms with E-state index in [1.54, 1.807) is 0 Å². The number of anilines is 1. The number of nitrogens with one attached hydrogen (secondary N) is 2. The maximum absolute atomic E-state index is 13.1. The summed E-state index contributed by atoms with van der Waals surface area (Å²) in [6.07, 6.45) is 6.44. The number of H-pyrrole nitrogens is 1. The fraction of sp³-hybridized carbons (Fsp3) is 0.208. The van der Waals surface area contributed by atoms with Gasteiger partial charge >= 0.3 is 0 Å². The van der Waals surface area contributed by atoms with Crippen molar-refractivity contribution in [3.05, 3.63) is 72.9 Å². The van der Waals surface area contributed by atoms with Crippen LogP contribution in [-0.2, 0) is 9.59 Å². The van der Waals surface area contributed by atoms with E-state index < -0.39 is 17.8 Å². The van der Waals surface area contributed by atoms with Crippen LogP contribution in [0.15, 0.2) is 72.9 Å². The van der Waals surface area contributed by atoms with Gasteiger partial charge in [-0.3, -0.25) is 4.79 Å². The number of pyridine rings is 1. The standard InChI is InChI=1S/C24H20N2O3/c27-23(20-15-9-10-16(13-15)21(20)24(28)29)26-19-8-4-7-18-17(11-12-25-22(18)19)14-5-2-1-3-6-14/h1-12,15-16,20-21H,13H2,(H,26,27)(H,28,29). The van der Waals surface area contributed by atoms with Crippen LogP contribution in [-0.4, -0.2) is 11.9 Å². The van der Waals surface area contributed by atoms with E-state index in [2.05, 4.69) is 10.3 Å². The van der Waals surface area contributed by atoms with Gasteiger partial charge in [0.1, 0.15) is 5.69 Å². The van der Waals surface area contributed by atoms with E-state index in [1.165, 1.54) is 0 Å².